The average molecular weight is 253 g/mol. The van der Waals surface area contributed by atoms with Crippen molar-refractivity contribution in [1.82, 2.24) is 5.32 Å². The number of nitrogens with one attached hydrogen (secondary N) is 1. The third-order valence-electron chi connectivity index (χ3n) is 1.51. The molecule has 0 saturated heterocycles. The van der Waals surface area contributed by atoms with E-state index in [2.05, 4.69) is 22.0 Å². The number of carbonyl (C=O) groups is 2. The topological polar surface area (TPSA) is 80.1 Å². The van der Waals surface area contributed by atoms with Crippen LogP contribution >= 0.6 is 0 Å². The maximum atomic E-state index is 11.5. The van der Waals surface area contributed by atoms with Crippen molar-refractivity contribution in [2.75, 3.05) is 7.05 Å². The van der Waals surface area contributed by atoms with Crippen LogP contribution in [0.2, 0.25) is 0 Å². The normalized spacial score (nSPS) is 12.3. The number of esters is 1. The first-order chi connectivity index (χ1) is 8.28. The van der Waals surface area contributed by atoms with E-state index in [1.165, 1.54) is 12.4 Å². The Morgan fingerprint density at radius 2 is 2.00 bits per heavy atom. The predicted octanol–water partition coefficient (Wildman–Crippen LogP) is 1.08. The highest BCUT2D eigenvalue weighted by Crippen LogP contribution is 2.08. The molecule has 0 aliphatic rings. The highest BCUT2D eigenvalue weighted by molar-refractivity contribution is 5.97. The van der Waals surface area contributed by atoms with Crippen molar-refractivity contribution in [3.63, 3.8) is 0 Å². The minimum Gasteiger partial charge on any atom is -0.460 e. The fourth-order valence-electron chi connectivity index (χ4n) is 1.05. The van der Waals surface area contributed by atoms with Crippen LogP contribution in [0.5, 0.6) is 0 Å². The van der Waals surface area contributed by atoms with Crippen molar-refractivity contribution in [3.05, 3.63) is 11.9 Å². The molecule has 1 N–H and O–H groups in total. The molecule has 0 heterocycles. The van der Waals surface area contributed by atoms with Crippen LogP contribution in [0.15, 0.2) is 21.9 Å². The fraction of sp³-hybridized carbons (Fsp3) is 0.500. The minimum absolute atomic E-state index is 0.358. The molecule has 0 atom stereocenters. The lowest BCUT2D eigenvalue weighted by Gasteiger charge is -2.19. The predicted molar refractivity (Wildman–Crippen MR) is 70.7 cm³/mol. The van der Waals surface area contributed by atoms with Gasteiger partial charge in [0.25, 0.3) is 0 Å². The Bertz CT molecular complexity index is 379. The zero-order valence-electron chi connectivity index (χ0n) is 11.2. The van der Waals surface area contributed by atoms with Crippen LogP contribution in [0.3, 0.4) is 0 Å². The molecule has 0 spiro atoms. The number of rotatable bonds is 5. The molecule has 0 fully saturated rings. The van der Waals surface area contributed by atoms with Gasteiger partial charge in [-0.25, -0.2) is 0 Å². The van der Waals surface area contributed by atoms with E-state index in [9.17, 15) is 9.59 Å². The monoisotopic (exact) mass is 253 g/mol. The second-order valence-corrected chi connectivity index (χ2v) is 4.47. The first-order valence-electron chi connectivity index (χ1n) is 5.38. The van der Waals surface area contributed by atoms with Crippen LogP contribution < -0.4 is 5.32 Å². The minimum atomic E-state index is -0.608. The van der Waals surface area contributed by atoms with E-state index in [0.29, 0.717) is 5.70 Å². The van der Waals surface area contributed by atoms with Crippen LogP contribution in [0, 0.1) is 0 Å². The SMILES string of the molecule is C=N/C=C(\C=NC)NC(=O)CC(=O)OC(C)(C)C. The molecule has 100 valence electrons. The van der Waals surface area contributed by atoms with E-state index in [1.807, 2.05) is 0 Å². The Labute approximate surface area is 107 Å². The number of allylic oxidation sites excluding steroid dienone is 1. The Morgan fingerprint density at radius 1 is 1.39 bits per heavy atom. The highest BCUT2D eigenvalue weighted by Gasteiger charge is 2.19. The van der Waals surface area contributed by atoms with E-state index in [-0.39, 0.29) is 6.42 Å². The highest BCUT2D eigenvalue weighted by atomic mass is 16.6. The van der Waals surface area contributed by atoms with E-state index in [4.69, 9.17) is 4.74 Å². The van der Waals surface area contributed by atoms with E-state index >= 15 is 0 Å². The summed E-state index contributed by atoms with van der Waals surface area (Å²) >= 11 is 0. The Morgan fingerprint density at radius 3 is 2.44 bits per heavy atom. The fourth-order valence-corrected chi connectivity index (χ4v) is 1.05. The third-order valence-corrected chi connectivity index (χ3v) is 1.51. The lowest BCUT2D eigenvalue weighted by Crippen LogP contribution is -2.30. The smallest absolute Gasteiger partial charge is 0.315 e. The third kappa shape index (κ3) is 8.20. The molecule has 0 aromatic rings. The van der Waals surface area contributed by atoms with Gasteiger partial charge in [0, 0.05) is 13.3 Å². The molecule has 6 heteroatoms. The van der Waals surface area contributed by atoms with E-state index < -0.39 is 17.5 Å². The molecule has 0 radical (unpaired) electrons. The van der Waals surface area contributed by atoms with Crippen LogP contribution in [0.4, 0.5) is 0 Å². The summed E-state index contributed by atoms with van der Waals surface area (Å²) in [5, 5.41) is 2.47. The van der Waals surface area contributed by atoms with Gasteiger partial charge >= 0.3 is 5.97 Å². The van der Waals surface area contributed by atoms with Gasteiger partial charge in [0.05, 0.1) is 11.9 Å². The molecule has 0 bridgehead atoms. The Hall–Kier alpha value is -1.98. The van der Waals surface area contributed by atoms with Crippen molar-refractivity contribution < 1.29 is 14.3 Å². The van der Waals surface area contributed by atoms with E-state index in [1.54, 1.807) is 27.8 Å². The van der Waals surface area contributed by atoms with Gasteiger partial charge in [0.15, 0.2) is 0 Å². The maximum Gasteiger partial charge on any atom is 0.315 e. The Balaban J connectivity index is 4.38. The number of nitrogens with zero attached hydrogens (tertiary/aromatic N) is 2. The summed E-state index contributed by atoms with van der Waals surface area (Å²) in [7, 11) is 1.55. The summed E-state index contributed by atoms with van der Waals surface area (Å²) in [4.78, 5) is 30.2. The summed E-state index contributed by atoms with van der Waals surface area (Å²) < 4.78 is 5.02. The summed E-state index contributed by atoms with van der Waals surface area (Å²) in [5.41, 5.74) is -0.245. The largest absolute Gasteiger partial charge is 0.460 e. The van der Waals surface area contributed by atoms with Gasteiger partial charge in [-0.1, -0.05) is 0 Å². The number of carbonyl (C=O) groups excluding carboxylic acids is 2. The molecule has 0 aliphatic heterocycles. The number of ether oxygens (including phenoxy) is 1. The van der Waals surface area contributed by atoms with Gasteiger partial charge in [0.2, 0.25) is 5.91 Å². The van der Waals surface area contributed by atoms with Gasteiger partial charge in [-0.2, -0.15) is 0 Å². The van der Waals surface area contributed by atoms with Crippen LogP contribution in [0.25, 0.3) is 0 Å². The zero-order valence-corrected chi connectivity index (χ0v) is 11.2. The lowest BCUT2D eigenvalue weighted by molar-refractivity contribution is -0.156. The zero-order chi connectivity index (χ0) is 14.2. The van der Waals surface area contributed by atoms with Gasteiger partial charge < -0.3 is 10.1 Å². The van der Waals surface area contributed by atoms with Crippen molar-refractivity contribution in [1.29, 1.82) is 0 Å². The lowest BCUT2D eigenvalue weighted by atomic mass is 10.2. The molecule has 18 heavy (non-hydrogen) atoms. The molecule has 0 rings (SSSR count). The van der Waals surface area contributed by atoms with Gasteiger partial charge in [-0.05, 0) is 27.5 Å². The quantitative estimate of drug-likeness (QED) is 0.452. The number of amides is 1. The number of hydrogen-bond acceptors (Lipinski definition) is 5. The summed E-state index contributed by atoms with van der Waals surface area (Å²) in [5.74, 6) is -1.07. The molecular weight excluding hydrogens is 234 g/mol. The van der Waals surface area contributed by atoms with Crippen LogP contribution in [0.1, 0.15) is 27.2 Å². The molecular formula is C12H19N3O3. The van der Waals surface area contributed by atoms with Gasteiger partial charge in [0.1, 0.15) is 12.0 Å². The summed E-state index contributed by atoms with van der Waals surface area (Å²) in [6.45, 7) is 8.48. The molecule has 0 saturated carbocycles. The first-order valence-corrected chi connectivity index (χ1v) is 5.38. The molecule has 1 amide bonds. The van der Waals surface area contributed by atoms with Crippen molar-refractivity contribution in [3.8, 4) is 0 Å². The standard InChI is InChI=1S/C12H19N3O3/c1-12(2,3)18-11(17)6-10(16)15-9(7-13-4)8-14-5/h7-8H,4,6H2,1-3,5H3,(H,15,16)/b9-7+,14-8?. The molecule has 0 aromatic heterocycles. The molecule has 6 nitrogen and oxygen atoms in total. The van der Waals surface area contributed by atoms with Crippen molar-refractivity contribution in [2.45, 2.75) is 32.8 Å². The summed E-state index contributed by atoms with van der Waals surface area (Å²) in [6, 6.07) is 0. The second-order valence-electron chi connectivity index (χ2n) is 4.47. The van der Waals surface area contributed by atoms with Gasteiger partial charge in [-0.3, -0.25) is 19.6 Å². The van der Waals surface area contributed by atoms with Crippen LogP contribution in [-0.4, -0.2) is 37.5 Å². The number of hydrogen-bond donors (Lipinski definition) is 1. The number of aliphatic imine (C=N–C) groups is 2. The molecule has 0 unspecified atom stereocenters. The maximum absolute atomic E-state index is 11.5. The average Bonchev–Trinajstić information content (AvgIpc) is 2.14. The van der Waals surface area contributed by atoms with Crippen LogP contribution in [-0.2, 0) is 14.3 Å². The van der Waals surface area contributed by atoms with Gasteiger partial charge in [-0.15, -0.1) is 0 Å². The molecule has 0 aromatic carbocycles. The second kappa shape index (κ2) is 7.37. The van der Waals surface area contributed by atoms with Crippen molar-refractivity contribution in [2.24, 2.45) is 9.98 Å². The summed E-state index contributed by atoms with van der Waals surface area (Å²) in [6.07, 6.45) is 2.38. The first kappa shape index (κ1) is 16.0. The molecule has 0 aliphatic carbocycles. The van der Waals surface area contributed by atoms with Crippen molar-refractivity contribution >= 4 is 24.8 Å². The van der Waals surface area contributed by atoms with E-state index in [0.717, 1.165) is 0 Å². The Kier molecular flexibility index (Phi) is 6.56.